The lowest BCUT2D eigenvalue weighted by atomic mass is 10.1. The number of piperidine rings is 1. The Kier molecular flexibility index (Phi) is 5.73. The van der Waals surface area contributed by atoms with Gasteiger partial charge in [-0.25, -0.2) is 13.6 Å². The number of benzene rings is 1. The zero-order valence-electron chi connectivity index (χ0n) is 13.3. The maximum absolute atomic E-state index is 13.3. The van der Waals surface area contributed by atoms with Crippen LogP contribution in [0.25, 0.3) is 11.3 Å². The number of urea groups is 1. The molecule has 0 saturated carbocycles. The summed E-state index contributed by atoms with van der Waals surface area (Å²) >= 11 is 12.1. The highest BCUT2D eigenvalue weighted by Crippen LogP contribution is 2.28. The molecule has 2 N–H and O–H groups in total. The molecular formula is C17H17Cl2FN4O. The van der Waals surface area contributed by atoms with Crippen LogP contribution in [0.2, 0.25) is 5.02 Å². The highest BCUT2D eigenvalue weighted by Gasteiger charge is 2.19. The van der Waals surface area contributed by atoms with Crippen molar-refractivity contribution in [1.82, 2.24) is 14.7 Å². The van der Waals surface area contributed by atoms with E-state index in [-0.39, 0.29) is 17.9 Å². The van der Waals surface area contributed by atoms with Crippen molar-refractivity contribution in [2.24, 2.45) is 0 Å². The Labute approximate surface area is 155 Å². The van der Waals surface area contributed by atoms with Crippen LogP contribution in [0, 0.1) is 5.82 Å². The van der Waals surface area contributed by atoms with Crippen LogP contribution >= 0.6 is 23.4 Å². The van der Waals surface area contributed by atoms with Crippen molar-refractivity contribution in [3.05, 3.63) is 47.4 Å². The lowest BCUT2D eigenvalue weighted by Gasteiger charge is -2.27. The van der Waals surface area contributed by atoms with Crippen LogP contribution < -0.4 is 10.6 Å². The van der Waals surface area contributed by atoms with E-state index < -0.39 is 0 Å². The molecule has 0 bridgehead atoms. The molecule has 8 heteroatoms. The van der Waals surface area contributed by atoms with Crippen LogP contribution in [0.1, 0.15) is 12.8 Å². The molecule has 1 aliphatic heterocycles. The number of hydrogen-bond acceptors (Lipinski definition) is 3. The van der Waals surface area contributed by atoms with Crippen molar-refractivity contribution in [3.8, 4) is 11.3 Å². The van der Waals surface area contributed by atoms with Gasteiger partial charge in [0.05, 0.1) is 22.6 Å². The minimum atomic E-state index is -0.361. The number of rotatable bonds is 3. The van der Waals surface area contributed by atoms with Crippen molar-refractivity contribution >= 4 is 35.1 Å². The summed E-state index contributed by atoms with van der Waals surface area (Å²) in [4.78, 5) is 16.3. The van der Waals surface area contributed by atoms with E-state index in [1.807, 2.05) is 0 Å². The average molecular weight is 383 g/mol. The normalized spacial score (nSPS) is 15.8. The summed E-state index contributed by atoms with van der Waals surface area (Å²) in [6.07, 6.45) is 3.09. The zero-order chi connectivity index (χ0) is 17.8. The Morgan fingerprint density at radius 2 is 2.04 bits per heavy atom. The number of hydrogen-bond donors (Lipinski definition) is 2. The van der Waals surface area contributed by atoms with Crippen molar-refractivity contribution in [3.63, 3.8) is 0 Å². The van der Waals surface area contributed by atoms with Crippen LogP contribution in [-0.4, -0.2) is 34.6 Å². The summed E-state index contributed by atoms with van der Waals surface area (Å²) in [5.41, 5.74) is 1.51. The Bertz CT molecular complexity index is 766. The molecule has 1 aromatic carbocycles. The third-order valence-corrected chi connectivity index (χ3v) is 4.60. The Hall–Kier alpha value is -1.89. The molecule has 25 heavy (non-hydrogen) atoms. The third-order valence-electron chi connectivity index (χ3n) is 3.97. The Balaban J connectivity index is 1.63. The van der Waals surface area contributed by atoms with E-state index in [2.05, 4.69) is 15.6 Å². The van der Waals surface area contributed by atoms with Gasteiger partial charge in [-0.2, -0.15) is 0 Å². The van der Waals surface area contributed by atoms with Gasteiger partial charge < -0.3 is 10.6 Å². The van der Waals surface area contributed by atoms with Gasteiger partial charge in [0.25, 0.3) is 0 Å². The standard InChI is InChI=1S/C17H17Cl2FN4O/c18-15-9-14(10-21-16(15)11-2-1-3-12(20)8-11)23-17(25)22-13-4-6-24(19)7-5-13/h1-3,8-10,13H,4-7H2,(H2,22,23,25). The second-order valence-corrected chi connectivity index (χ2v) is 6.73. The molecule has 1 saturated heterocycles. The van der Waals surface area contributed by atoms with E-state index in [1.54, 1.807) is 22.6 Å². The fourth-order valence-corrected chi connectivity index (χ4v) is 3.17. The molecule has 132 valence electrons. The van der Waals surface area contributed by atoms with Crippen molar-refractivity contribution in [2.45, 2.75) is 18.9 Å². The van der Waals surface area contributed by atoms with Gasteiger partial charge in [-0.05, 0) is 42.8 Å². The van der Waals surface area contributed by atoms with E-state index in [9.17, 15) is 9.18 Å². The lowest BCUT2D eigenvalue weighted by Crippen LogP contribution is -2.43. The third kappa shape index (κ3) is 4.81. The number of aromatic nitrogens is 1. The van der Waals surface area contributed by atoms with E-state index in [0.717, 1.165) is 25.9 Å². The average Bonchev–Trinajstić information content (AvgIpc) is 2.57. The summed E-state index contributed by atoms with van der Waals surface area (Å²) in [6, 6.07) is 7.39. The highest BCUT2D eigenvalue weighted by molar-refractivity contribution is 6.33. The van der Waals surface area contributed by atoms with Gasteiger partial charge in [-0.15, -0.1) is 0 Å². The predicted molar refractivity (Wildman–Crippen MR) is 97.2 cm³/mol. The molecule has 1 aromatic heterocycles. The lowest BCUT2D eigenvalue weighted by molar-refractivity contribution is 0.239. The second-order valence-electron chi connectivity index (χ2n) is 5.85. The number of anilines is 1. The fourth-order valence-electron chi connectivity index (χ4n) is 2.70. The Morgan fingerprint density at radius 3 is 2.72 bits per heavy atom. The zero-order valence-corrected chi connectivity index (χ0v) is 14.8. The summed E-state index contributed by atoms with van der Waals surface area (Å²) in [5.74, 6) is -0.361. The molecule has 0 unspecified atom stereocenters. The maximum atomic E-state index is 13.3. The largest absolute Gasteiger partial charge is 0.335 e. The van der Waals surface area contributed by atoms with Crippen LogP contribution in [0.4, 0.5) is 14.9 Å². The molecule has 1 fully saturated rings. The highest BCUT2D eigenvalue weighted by atomic mass is 35.5. The van der Waals surface area contributed by atoms with Crippen LogP contribution in [0.5, 0.6) is 0 Å². The quantitative estimate of drug-likeness (QED) is 0.778. The summed E-state index contributed by atoms with van der Waals surface area (Å²) in [6.45, 7) is 1.48. The second kappa shape index (κ2) is 7.99. The van der Waals surface area contributed by atoms with E-state index in [1.165, 1.54) is 18.3 Å². The fraction of sp³-hybridized carbons (Fsp3) is 0.294. The van der Waals surface area contributed by atoms with E-state index in [0.29, 0.717) is 22.0 Å². The van der Waals surface area contributed by atoms with Crippen LogP contribution in [0.15, 0.2) is 36.5 Å². The number of carbonyl (C=O) groups excluding carboxylic acids is 1. The monoisotopic (exact) mass is 382 g/mol. The molecule has 2 amide bonds. The molecule has 2 aromatic rings. The predicted octanol–water partition coefficient (Wildman–Crippen LogP) is 4.28. The molecule has 5 nitrogen and oxygen atoms in total. The van der Waals surface area contributed by atoms with Crippen LogP contribution in [-0.2, 0) is 0 Å². The minimum Gasteiger partial charge on any atom is -0.335 e. The van der Waals surface area contributed by atoms with Gasteiger partial charge in [0.2, 0.25) is 0 Å². The molecule has 0 aliphatic carbocycles. The van der Waals surface area contributed by atoms with E-state index in [4.69, 9.17) is 23.4 Å². The van der Waals surface area contributed by atoms with Gasteiger partial charge in [-0.3, -0.25) is 4.98 Å². The van der Waals surface area contributed by atoms with Gasteiger partial charge >= 0.3 is 6.03 Å². The van der Waals surface area contributed by atoms with Gasteiger partial charge in [-0.1, -0.05) is 23.7 Å². The van der Waals surface area contributed by atoms with Crippen molar-refractivity contribution in [1.29, 1.82) is 0 Å². The summed E-state index contributed by atoms with van der Waals surface area (Å²) in [7, 11) is 0. The van der Waals surface area contributed by atoms with E-state index >= 15 is 0 Å². The SMILES string of the molecule is O=C(Nc1cnc(-c2cccc(F)c2)c(Cl)c1)NC1CCN(Cl)CC1. The number of pyridine rings is 1. The first kappa shape index (κ1) is 17.9. The van der Waals surface area contributed by atoms with Gasteiger partial charge in [0, 0.05) is 24.7 Å². The maximum Gasteiger partial charge on any atom is 0.319 e. The first-order valence-electron chi connectivity index (χ1n) is 7.91. The number of amides is 2. The number of nitrogens with one attached hydrogen (secondary N) is 2. The molecule has 0 spiro atoms. The molecule has 0 atom stereocenters. The topological polar surface area (TPSA) is 57.3 Å². The molecule has 2 heterocycles. The Morgan fingerprint density at radius 1 is 1.28 bits per heavy atom. The number of carbonyl (C=O) groups is 1. The van der Waals surface area contributed by atoms with Gasteiger partial charge in [0.15, 0.2) is 0 Å². The molecular weight excluding hydrogens is 366 g/mol. The first-order valence-corrected chi connectivity index (χ1v) is 8.62. The minimum absolute atomic E-state index is 0.0880. The molecule has 1 aliphatic rings. The van der Waals surface area contributed by atoms with Gasteiger partial charge in [0.1, 0.15) is 5.82 Å². The summed E-state index contributed by atoms with van der Waals surface area (Å²) < 4.78 is 15.0. The van der Waals surface area contributed by atoms with Crippen molar-refractivity contribution < 1.29 is 9.18 Å². The summed E-state index contributed by atoms with van der Waals surface area (Å²) in [5, 5.41) is 5.95. The molecule has 3 rings (SSSR count). The van der Waals surface area contributed by atoms with Crippen molar-refractivity contribution in [2.75, 3.05) is 18.4 Å². The smallest absolute Gasteiger partial charge is 0.319 e. The molecule has 0 radical (unpaired) electrons. The number of halogens is 3. The number of nitrogens with zero attached hydrogens (tertiary/aromatic N) is 2. The van der Waals surface area contributed by atoms with Crippen LogP contribution in [0.3, 0.4) is 0 Å². The first-order chi connectivity index (χ1) is 12.0.